The average molecular weight is 224 g/mol. The van der Waals surface area contributed by atoms with E-state index in [4.69, 9.17) is 0 Å². The van der Waals surface area contributed by atoms with Crippen LogP contribution in [0.4, 0.5) is 5.69 Å². The number of rotatable bonds is 2. The highest BCUT2D eigenvalue weighted by Gasteiger charge is 2.19. The van der Waals surface area contributed by atoms with Gasteiger partial charge in [-0.05, 0) is 29.4 Å². The first-order valence-corrected chi connectivity index (χ1v) is 5.94. The molecule has 2 aromatic rings. The van der Waals surface area contributed by atoms with Crippen LogP contribution >= 0.6 is 0 Å². The van der Waals surface area contributed by atoms with Crippen molar-refractivity contribution in [3.63, 3.8) is 0 Å². The Morgan fingerprint density at radius 2 is 1.94 bits per heavy atom. The molecular formula is C15H16N2. The van der Waals surface area contributed by atoms with Crippen LogP contribution in [0.5, 0.6) is 0 Å². The first-order valence-electron chi connectivity index (χ1n) is 5.94. The standard InChI is InChI=1S/C15H16N2/c1-16-12-8-6-10-4-3-5-11-7-9-13(17-2)15(12)14(10)11/h3-9,12,16-17H,1-2H3. The van der Waals surface area contributed by atoms with Gasteiger partial charge < -0.3 is 10.6 Å². The summed E-state index contributed by atoms with van der Waals surface area (Å²) in [6.07, 6.45) is 4.42. The normalized spacial score (nSPS) is 17.4. The van der Waals surface area contributed by atoms with Gasteiger partial charge in [-0.1, -0.05) is 36.4 Å². The molecule has 2 aromatic carbocycles. The lowest BCUT2D eigenvalue weighted by atomic mass is 9.89. The second kappa shape index (κ2) is 3.90. The van der Waals surface area contributed by atoms with E-state index < -0.39 is 0 Å². The zero-order valence-electron chi connectivity index (χ0n) is 10.1. The van der Waals surface area contributed by atoms with Gasteiger partial charge in [0.25, 0.3) is 0 Å². The minimum absolute atomic E-state index is 0.288. The van der Waals surface area contributed by atoms with Crippen molar-refractivity contribution in [2.24, 2.45) is 0 Å². The minimum Gasteiger partial charge on any atom is -0.388 e. The van der Waals surface area contributed by atoms with E-state index in [-0.39, 0.29) is 6.04 Å². The predicted octanol–water partition coefficient (Wildman–Crippen LogP) is 3.17. The van der Waals surface area contributed by atoms with E-state index >= 15 is 0 Å². The Balaban J connectivity index is 2.42. The van der Waals surface area contributed by atoms with E-state index in [1.807, 2.05) is 14.1 Å². The maximum atomic E-state index is 3.35. The van der Waals surface area contributed by atoms with Crippen LogP contribution in [0, 0.1) is 0 Å². The summed E-state index contributed by atoms with van der Waals surface area (Å²) in [6, 6.07) is 11.1. The summed E-state index contributed by atoms with van der Waals surface area (Å²) in [6.45, 7) is 0. The molecular weight excluding hydrogens is 208 g/mol. The van der Waals surface area contributed by atoms with Crippen molar-refractivity contribution in [3.05, 3.63) is 47.5 Å². The molecule has 1 aliphatic rings. The van der Waals surface area contributed by atoms with Gasteiger partial charge in [0.15, 0.2) is 0 Å². The van der Waals surface area contributed by atoms with Gasteiger partial charge >= 0.3 is 0 Å². The zero-order chi connectivity index (χ0) is 11.8. The maximum Gasteiger partial charge on any atom is 0.0534 e. The van der Waals surface area contributed by atoms with E-state index in [9.17, 15) is 0 Å². The van der Waals surface area contributed by atoms with Crippen LogP contribution in [0.25, 0.3) is 16.8 Å². The van der Waals surface area contributed by atoms with Gasteiger partial charge in [-0.3, -0.25) is 0 Å². The Bertz CT molecular complexity index is 599. The number of hydrogen-bond acceptors (Lipinski definition) is 2. The molecule has 0 heterocycles. The lowest BCUT2D eigenvalue weighted by molar-refractivity contribution is 0.721. The molecule has 1 aliphatic carbocycles. The van der Waals surface area contributed by atoms with Crippen LogP contribution in [0.2, 0.25) is 0 Å². The molecule has 2 heteroatoms. The van der Waals surface area contributed by atoms with Crippen LogP contribution in [-0.4, -0.2) is 14.1 Å². The summed E-state index contributed by atoms with van der Waals surface area (Å²) >= 11 is 0. The molecule has 0 aromatic heterocycles. The Morgan fingerprint density at radius 1 is 1.06 bits per heavy atom. The van der Waals surface area contributed by atoms with Crippen molar-refractivity contribution in [3.8, 4) is 0 Å². The molecule has 0 fully saturated rings. The molecule has 0 saturated carbocycles. The molecule has 0 saturated heterocycles. The van der Waals surface area contributed by atoms with Gasteiger partial charge in [0.1, 0.15) is 0 Å². The van der Waals surface area contributed by atoms with Crippen molar-refractivity contribution >= 4 is 22.5 Å². The molecule has 0 bridgehead atoms. The van der Waals surface area contributed by atoms with Gasteiger partial charge in [-0.2, -0.15) is 0 Å². The predicted molar refractivity (Wildman–Crippen MR) is 74.3 cm³/mol. The summed E-state index contributed by atoms with van der Waals surface area (Å²) in [7, 11) is 3.98. The third-order valence-corrected chi connectivity index (χ3v) is 3.48. The number of likely N-dealkylation sites (N-methyl/N-ethyl adjacent to an activating group) is 1. The molecule has 0 spiro atoms. The molecule has 17 heavy (non-hydrogen) atoms. The largest absolute Gasteiger partial charge is 0.388 e. The van der Waals surface area contributed by atoms with Gasteiger partial charge in [0, 0.05) is 18.3 Å². The molecule has 0 aliphatic heterocycles. The first kappa shape index (κ1) is 10.4. The fourth-order valence-corrected chi connectivity index (χ4v) is 2.65. The quantitative estimate of drug-likeness (QED) is 0.818. The molecule has 1 unspecified atom stereocenters. The molecule has 0 amide bonds. The zero-order valence-corrected chi connectivity index (χ0v) is 10.1. The number of anilines is 1. The van der Waals surface area contributed by atoms with Gasteiger partial charge in [-0.25, -0.2) is 0 Å². The Morgan fingerprint density at radius 3 is 2.71 bits per heavy atom. The molecule has 1 atom stereocenters. The lowest BCUT2D eigenvalue weighted by Crippen LogP contribution is -2.17. The topological polar surface area (TPSA) is 24.1 Å². The van der Waals surface area contributed by atoms with Crippen molar-refractivity contribution < 1.29 is 0 Å². The summed E-state index contributed by atoms with van der Waals surface area (Å²) in [5.74, 6) is 0. The highest BCUT2D eigenvalue weighted by Crippen LogP contribution is 2.37. The fraction of sp³-hybridized carbons (Fsp3) is 0.200. The monoisotopic (exact) mass is 224 g/mol. The van der Waals surface area contributed by atoms with E-state index in [0.29, 0.717) is 0 Å². The molecule has 2 N–H and O–H groups in total. The summed E-state index contributed by atoms with van der Waals surface area (Å²) in [5, 5.41) is 9.31. The van der Waals surface area contributed by atoms with E-state index in [1.165, 1.54) is 27.6 Å². The fourth-order valence-electron chi connectivity index (χ4n) is 2.65. The van der Waals surface area contributed by atoms with Gasteiger partial charge in [0.2, 0.25) is 0 Å². The number of nitrogens with one attached hydrogen (secondary N) is 2. The van der Waals surface area contributed by atoms with Crippen LogP contribution in [-0.2, 0) is 0 Å². The van der Waals surface area contributed by atoms with Crippen LogP contribution in [0.15, 0.2) is 36.4 Å². The molecule has 2 nitrogen and oxygen atoms in total. The molecule has 0 radical (unpaired) electrons. The lowest BCUT2D eigenvalue weighted by Gasteiger charge is -2.23. The summed E-state index contributed by atoms with van der Waals surface area (Å²) < 4.78 is 0. The first-order chi connectivity index (χ1) is 8.35. The molecule has 3 rings (SSSR count). The minimum atomic E-state index is 0.288. The van der Waals surface area contributed by atoms with Crippen LogP contribution in [0.1, 0.15) is 17.2 Å². The maximum absolute atomic E-state index is 3.35. The van der Waals surface area contributed by atoms with Gasteiger partial charge in [0.05, 0.1) is 6.04 Å². The van der Waals surface area contributed by atoms with E-state index in [0.717, 1.165) is 0 Å². The average Bonchev–Trinajstić information content (AvgIpc) is 2.40. The van der Waals surface area contributed by atoms with Gasteiger partial charge in [-0.15, -0.1) is 0 Å². The third-order valence-electron chi connectivity index (χ3n) is 3.48. The van der Waals surface area contributed by atoms with Crippen LogP contribution in [0.3, 0.4) is 0 Å². The van der Waals surface area contributed by atoms with E-state index in [1.54, 1.807) is 0 Å². The van der Waals surface area contributed by atoms with Crippen molar-refractivity contribution in [1.82, 2.24) is 5.32 Å². The Labute approximate surface area is 101 Å². The van der Waals surface area contributed by atoms with Crippen LogP contribution < -0.4 is 10.6 Å². The number of hydrogen-bond donors (Lipinski definition) is 2. The smallest absolute Gasteiger partial charge is 0.0534 e. The second-order valence-electron chi connectivity index (χ2n) is 4.35. The highest BCUT2D eigenvalue weighted by molar-refractivity contribution is 5.98. The number of benzene rings is 2. The highest BCUT2D eigenvalue weighted by atomic mass is 14.9. The summed E-state index contributed by atoms with van der Waals surface area (Å²) in [4.78, 5) is 0. The SMILES string of the molecule is CNc1ccc2cccc3c2c1C(NC)C=C3. The second-order valence-corrected chi connectivity index (χ2v) is 4.35. The molecule has 86 valence electrons. The third kappa shape index (κ3) is 1.45. The Hall–Kier alpha value is -1.80. The summed E-state index contributed by atoms with van der Waals surface area (Å²) in [5.41, 5.74) is 3.86. The van der Waals surface area contributed by atoms with Crippen molar-refractivity contribution in [2.75, 3.05) is 19.4 Å². The van der Waals surface area contributed by atoms with Crippen molar-refractivity contribution in [2.45, 2.75) is 6.04 Å². The Kier molecular flexibility index (Phi) is 2.37. The van der Waals surface area contributed by atoms with E-state index in [2.05, 4.69) is 53.1 Å². The van der Waals surface area contributed by atoms with Crippen molar-refractivity contribution in [1.29, 1.82) is 0 Å².